The standard InChI is InChI=1S/C12H19FN2O4S/c1-12(16,6-7-19-2)8-15-20(17,18)10-5-3-4-9(13)11(10)14/h3-5,15-16H,6-8,14H2,1-2H3. The molecule has 1 aromatic carbocycles. The van der Waals surface area contributed by atoms with Crippen LogP contribution in [0.4, 0.5) is 10.1 Å². The van der Waals surface area contributed by atoms with Gasteiger partial charge in [-0.3, -0.25) is 0 Å². The molecule has 0 spiro atoms. The lowest BCUT2D eigenvalue weighted by Crippen LogP contribution is -2.41. The molecule has 0 heterocycles. The molecule has 6 nitrogen and oxygen atoms in total. The van der Waals surface area contributed by atoms with Gasteiger partial charge in [0.1, 0.15) is 10.7 Å². The maximum atomic E-state index is 13.3. The first-order chi connectivity index (χ1) is 9.19. The highest BCUT2D eigenvalue weighted by Crippen LogP contribution is 2.21. The minimum atomic E-state index is -3.99. The van der Waals surface area contributed by atoms with Crippen molar-refractivity contribution < 1.29 is 22.7 Å². The van der Waals surface area contributed by atoms with Crippen LogP contribution >= 0.6 is 0 Å². The second-order valence-electron chi connectivity index (χ2n) is 4.72. The zero-order chi connectivity index (χ0) is 15.4. The molecular formula is C12H19FN2O4S. The molecule has 0 saturated heterocycles. The molecule has 0 amide bonds. The number of methoxy groups -OCH3 is 1. The van der Waals surface area contributed by atoms with Gasteiger partial charge >= 0.3 is 0 Å². The summed E-state index contributed by atoms with van der Waals surface area (Å²) in [5.74, 6) is -0.806. The molecule has 0 bridgehead atoms. The van der Waals surface area contributed by atoms with Crippen LogP contribution in [0.3, 0.4) is 0 Å². The van der Waals surface area contributed by atoms with Crippen molar-refractivity contribution in [3.63, 3.8) is 0 Å². The Morgan fingerprint density at radius 1 is 1.50 bits per heavy atom. The number of anilines is 1. The molecule has 0 aromatic heterocycles. The topological polar surface area (TPSA) is 102 Å². The van der Waals surface area contributed by atoms with E-state index in [4.69, 9.17) is 10.5 Å². The maximum absolute atomic E-state index is 13.3. The number of hydrogen-bond donors (Lipinski definition) is 3. The van der Waals surface area contributed by atoms with Crippen molar-refractivity contribution in [2.24, 2.45) is 0 Å². The minimum Gasteiger partial charge on any atom is -0.395 e. The molecule has 1 atom stereocenters. The van der Waals surface area contributed by atoms with Gasteiger partial charge in [-0.05, 0) is 19.1 Å². The second-order valence-corrected chi connectivity index (χ2v) is 6.45. The third-order valence-electron chi connectivity index (χ3n) is 2.79. The predicted molar refractivity (Wildman–Crippen MR) is 73.1 cm³/mol. The van der Waals surface area contributed by atoms with E-state index in [0.29, 0.717) is 0 Å². The van der Waals surface area contributed by atoms with Crippen LogP contribution < -0.4 is 10.5 Å². The fourth-order valence-corrected chi connectivity index (χ4v) is 2.79. The van der Waals surface area contributed by atoms with Crippen LogP contribution in [-0.4, -0.2) is 39.4 Å². The number of para-hydroxylation sites is 1. The average Bonchev–Trinajstić information content (AvgIpc) is 2.37. The van der Waals surface area contributed by atoms with Crippen molar-refractivity contribution in [1.29, 1.82) is 0 Å². The molecular weight excluding hydrogens is 287 g/mol. The largest absolute Gasteiger partial charge is 0.395 e. The number of nitrogens with one attached hydrogen (secondary N) is 1. The van der Waals surface area contributed by atoms with Gasteiger partial charge in [-0.1, -0.05) is 6.07 Å². The lowest BCUT2D eigenvalue weighted by atomic mass is 10.0. The third kappa shape index (κ3) is 4.41. The maximum Gasteiger partial charge on any atom is 0.242 e. The van der Waals surface area contributed by atoms with Gasteiger partial charge in [0.15, 0.2) is 0 Å². The van der Waals surface area contributed by atoms with Crippen molar-refractivity contribution >= 4 is 15.7 Å². The number of aliphatic hydroxyl groups is 1. The van der Waals surface area contributed by atoms with E-state index in [2.05, 4.69) is 4.72 Å². The number of halogens is 1. The lowest BCUT2D eigenvalue weighted by Gasteiger charge is -2.23. The summed E-state index contributed by atoms with van der Waals surface area (Å²) in [4.78, 5) is -0.347. The van der Waals surface area contributed by atoms with E-state index in [1.807, 2.05) is 0 Å². The molecule has 1 unspecified atom stereocenters. The molecule has 0 aliphatic rings. The zero-order valence-corrected chi connectivity index (χ0v) is 12.2. The summed E-state index contributed by atoms with van der Waals surface area (Å²) < 4.78 is 44.4. The van der Waals surface area contributed by atoms with Gasteiger partial charge < -0.3 is 15.6 Å². The van der Waals surface area contributed by atoms with Gasteiger partial charge in [-0.2, -0.15) is 0 Å². The summed E-state index contributed by atoms with van der Waals surface area (Å²) in [5, 5.41) is 9.97. The zero-order valence-electron chi connectivity index (χ0n) is 11.4. The molecule has 0 aliphatic carbocycles. The van der Waals surface area contributed by atoms with Gasteiger partial charge in [0.25, 0.3) is 0 Å². The van der Waals surface area contributed by atoms with Crippen LogP contribution in [0.5, 0.6) is 0 Å². The van der Waals surface area contributed by atoms with E-state index < -0.39 is 27.1 Å². The minimum absolute atomic E-state index is 0.228. The van der Waals surface area contributed by atoms with Gasteiger partial charge in [0, 0.05) is 26.7 Å². The van der Waals surface area contributed by atoms with Crippen LogP contribution in [-0.2, 0) is 14.8 Å². The highest BCUT2D eigenvalue weighted by Gasteiger charge is 2.25. The molecule has 114 valence electrons. The lowest BCUT2D eigenvalue weighted by molar-refractivity contribution is 0.0292. The van der Waals surface area contributed by atoms with Crippen LogP contribution in [0.15, 0.2) is 23.1 Å². The Balaban J connectivity index is 2.83. The number of nitrogens with two attached hydrogens (primary N) is 1. The Morgan fingerprint density at radius 2 is 2.15 bits per heavy atom. The van der Waals surface area contributed by atoms with Gasteiger partial charge in [0.2, 0.25) is 10.0 Å². The first-order valence-corrected chi connectivity index (χ1v) is 7.43. The highest BCUT2D eigenvalue weighted by molar-refractivity contribution is 7.89. The summed E-state index contributed by atoms with van der Waals surface area (Å²) in [6.07, 6.45) is 0.255. The Bertz CT molecular complexity index is 561. The monoisotopic (exact) mass is 306 g/mol. The molecule has 1 rings (SSSR count). The van der Waals surface area contributed by atoms with Gasteiger partial charge in [-0.15, -0.1) is 0 Å². The van der Waals surface area contributed by atoms with Gasteiger partial charge in [-0.25, -0.2) is 17.5 Å². The number of hydrogen-bond acceptors (Lipinski definition) is 5. The van der Waals surface area contributed by atoms with E-state index in [1.165, 1.54) is 26.2 Å². The van der Waals surface area contributed by atoms with E-state index in [1.54, 1.807) is 0 Å². The number of nitrogen functional groups attached to an aromatic ring is 1. The van der Waals surface area contributed by atoms with E-state index in [-0.39, 0.29) is 24.5 Å². The summed E-state index contributed by atoms with van der Waals surface area (Å²) in [6, 6.07) is 3.52. The molecule has 0 fully saturated rings. The van der Waals surface area contributed by atoms with Crippen LogP contribution in [0.1, 0.15) is 13.3 Å². The SMILES string of the molecule is COCCC(C)(O)CNS(=O)(=O)c1cccc(F)c1N. The molecule has 20 heavy (non-hydrogen) atoms. The first-order valence-electron chi connectivity index (χ1n) is 5.94. The Labute approximate surface area is 117 Å². The number of rotatable bonds is 7. The number of ether oxygens (including phenoxy) is 1. The van der Waals surface area contributed by atoms with Crippen molar-refractivity contribution in [2.75, 3.05) is 26.0 Å². The van der Waals surface area contributed by atoms with E-state index in [9.17, 15) is 17.9 Å². The Morgan fingerprint density at radius 3 is 2.75 bits per heavy atom. The van der Waals surface area contributed by atoms with Crippen LogP contribution in [0.2, 0.25) is 0 Å². The van der Waals surface area contributed by atoms with Crippen molar-refractivity contribution in [3.05, 3.63) is 24.0 Å². The van der Waals surface area contributed by atoms with Crippen molar-refractivity contribution in [3.8, 4) is 0 Å². The second kappa shape index (κ2) is 6.49. The summed E-state index contributed by atoms with van der Waals surface area (Å²) in [7, 11) is -2.51. The average molecular weight is 306 g/mol. The Kier molecular flexibility index (Phi) is 5.46. The normalized spacial score (nSPS) is 15.0. The van der Waals surface area contributed by atoms with Crippen LogP contribution in [0, 0.1) is 5.82 Å². The van der Waals surface area contributed by atoms with Crippen molar-refractivity contribution in [1.82, 2.24) is 4.72 Å². The fourth-order valence-electron chi connectivity index (χ4n) is 1.49. The number of sulfonamides is 1. The van der Waals surface area contributed by atoms with E-state index >= 15 is 0 Å². The molecule has 0 aliphatic heterocycles. The van der Waals surface area contributed by atoms with Crippen LogP contribution in [0.25, 0.3) is 0 Å². The molecule has 0 radical (unpaired) electrons. The third-order valence-corrected chi connectivity index (χ3v) is 4.25. The first kappa shape index (κ1) is 16.8. The molecule has 1 aromatic rings. The summed E-state index contributed by atoms with van der Waals surface area (Å²) >= 11 is 0. The molecule has 0 saturated carbocycles. The number of benzene rings is 1. The fraction of sp³-hybridized carbons (Fsp3) is 0.500. The molecule has 8 heteroatoms. The van der Waals surface area contributed by atoms with Crippen molar-refractivity contribution in [2.45, 2.75) is 23.8 Å². The predicted octanol–water partition coefficient (Wildman–Crippen LogP) is 0.474. The summed E-state index contributed by atoms with van der Waals surface area (Å²) in [5.41, 5.74) is 3.69. The highest BCUT2D eigenvalue weighted by atomic mass is 32.2. The van der Waals surface area contributed by atoms with Gasteiger partial charge in [0.05, 0.1) is 11.3 Å². The molecule has 4 N–H and O–H groups in total. The smallest absolute Gasteiger partial charge is 0.242 e. The quantitative estimate of drug-likeness (QED) is 0.636. The summed E-state index contributed by atoms with van der Waals surface area (Å²) in [6.45, 7) is 1.54. The van der Waals surface area contributed by atoms with E-state index in [0.717, 1.165) is 6.07 Å². The Hall–Kier alpha value is -1.22.